The molecule has 0 saturated carbocycles. The number of ether oxygens (including phenoxy) is 3. The molecule has 0 unspecified atom stereocenters. The summed E-state index contributed by atoms with van der Waals surface area (Å²) in [5.74, 6) is -0.301. The third-order valence-corrected chi connectivity index (χ3v) is 3.81. The fraction of sp³-hybridized carbons (Fsp3) is 0.550. The number of benzene rings is 1. The van der Waals surface area contributed by atoms with Crippen molar-refractivity contribution in [2.45, 2.75) is 57.8 Å². The van der Waals surface area contributed by atoms with Crippen LogP contribution in [0.5, 0.6) is 0 Å². The Morgan fingerprint density at radius 2 is 1.67 bits per heavy atom. The van der Waals surface area contributed by atoms with Crippen molar-refractivity contribution in [2.24, 2.45) is 0 Å². The predicted octanol–water partition coefficient (Wildman–Crippen LogP) is 4.75. The van der Waals surface area contributed by atoms with Gasteiger partial charge in [0, 0.05) is 14.2 Å². The molecule has 134 valence electrons. The average Bonchev–Trinajstić information content (AvgIpc) is 2.62. The quantitative estimate of drug-likeness (QED) is 0.239. The summed E-state index contributed by atoms with van der Waals surface area (Å²) < 4.78 is 15.9. The van der Waals surface area contributed by atoms with Crippen LogP contribution in [0.25, 0.3) is 0 Å². The minimum Gasteiger partial charge on any atom is -0.455 e. The lowest BCUT2D eigenvalue weighted by molar-refractivity contribution is -0.0672. The summed E-state index contributed by atoms with van der Waals surface area (Å²) in [7, 11) is 3.16. The first-order chi connectivity index (χ1) is 11.7. The summed E-state index contributed by atoms with van der Waals surface area (Å²) in [6, 6.07) is 9.06. The zero-order chi connectivity index (χ0) is 17.6. The molecular formula is C20H30O4. The summed E-state index contributed by atoms with van der Waals surface area (Å²) in [6.07, 6.45) is 9.62. The van der Waals surface area contributed by atoms with E-state index in [4.69, 9.17) is 14.2 Å². The second-order valence-corrected chi connectivity index (χ2v) is 5.74. The Morgan fingerprint density at radius 3 is 2.29 bits per heavy atom. The van der Waals surface area contributed by atoms with E-state index in [9.17, 15) is 4.79 Å². The molecule has 1 rings (SSSR count). The highest BCUT2D eigenvalue weighted by Gasteiger charge is 2.14. The van der Waals surface area contributed by atoms with Gasteiger partial charge in [0.25, 0.3) is 0 Å². The molecule has 0 aliphatic rings. The van der Waals surface area contributed by atoms with E-state index in [0.717, 1.165) is 19.3 Å². The molecule has 0 spiro atoms. The van der Waals surface area contributed by atoms with E-state index in [2.05, 4.69) is 6.92 Å². The Balaban J connectivity index is 2.60. The van der Waals surface area contributed by atoms with Crippen LogP contribution in [-0.4, -0.2) is 32.6 Å². The number of methoxy groups -OCH3 is 2. The smallest absolute Gasteiger partial charge is 0.338 e. The van der Waals surface area contributed by atoms with E-state index >= 15 is 0 Å². The van der Waals surface area contributed by atoms with Crippen molar-refractivity contribution in [1.82, 2.24) is 0 Å². The third-order valence-electron chi connectivity index (χ3n) is 3.81. The van der Waals surface area contributed by atoms with Crippen LogP contribution in [0.15, 0.2) is 42.5 Å². The minimum atomic E-state index is -0.428. The molecule has 0 amide bonds. The predicted molar refractivity (Wildman–Crippen MR) is 96.0 cm³/mol. The molecule has 0 N–H and O–H groups in total. The van der Waals surface area contributed by atoms with Gasteiger partial charge in [0.1, 0.15) is 6.10 Å². The van der Waals surface area contributed by atoms with Crippen LogP contribution in [0.3, 0.4) is 0 Å². The maximum absolute atomic E-state index is 12.3. The Hall–Kier alpha value is -1.65. The van der Waals surface area contributed by atoms with Gasteiger partial charge in [0.15, 0.2) is 6.29 Å². The summed E-state index contributed by atoms with van der Waals surface area (Å²) in [5.41, 5.74) is 0.567. The van der Waals surface area contributed by atoms with Gasteiger partial charge in [-0.1, -0.05) is 50.8 Å². The fourth-order valence-corrected chi connectivity index (χ4v) is 2.39. The van der Waals surface area contributed by atoms with Crippen molar-refractivity contribution in [1.29, 1.82) is 0 Å². The highest BCUT2D eigenvalue weighted by Crippen LogP contribution is 2.14. The van der Waals surface area contributed by atoms with E-state index in [0.29, 0.717) is 5.56 Å². The molecule has 0 aliphatic heterocycles. The number of unbranched alkanes of at least 4 members (excludes halogenated alkanes) is 4. The topological polar surface area (TPSA) is 44.8 Å². The van der Waals surface area contributed by atoms with Gasteiger partial charge in [-0.05, 0) is 37.1 Å². The van der Waals surface area contributed by atoms with E-state index in [1.165, 1.54) is 19.3 Å². The standard InChI is InChI=1S/C20H30O4/c1-4-5-6-7-11-14-18(15-16-19(22-2)23-3)24-20(21)17-12-9-8-10-13-17/h8-10,12-13,15-16,18-19H,4-7,11,14H2,1-3H3/b16-15+/t18-/m0/s1. The van der Waals surface area contributed by atoms with Crippen LogP contribution in [0.4, 0.5) is 0 Å². The summed E-state index contributed by atoms with van der Waals surface area (Å²) in [5, 5.41) is 0. The fourth-order valence-electron chi connectivity index (χ4n) is 2.39. The van der Waals surface area contributed by atoms with Gasteiger partial charge >= 0.3 is 5.97 Å². The van der Waals surface area contributed by atoms with Crippen LogP contribution in [0, 0.1) is 0 Å². The molecule has 0 radical (unpaired) electrons. The number of carbonyl (C=O) groups excluding carboxylic acids is 1. The highest BCUT2D eigenvalue weighted by molar-refractivity contribution is 5.89. The Kier molecular flexibility index (Phi) is 10.8. The number of carbonyl (C=O) groups is 1. The van der Waals surface area contributed by atoms with E-state index in [1.807, 2.05) is 24.3 Å². The van der Waals surface area contributed by atoms with Gasteiger partial charge in [0.05, 0.1) is 5.56 Å². The molecule has 4 nitrogen and oxygen atoms in total. The van der Waals surface area contributed by atoms with Crippen LogP contribution >= 0.6 is 0 Å². The monoisotopic (exact) mass is 334 g/mol. The Labute approximate surface area is 145 Å². The number of hydrogen-bond donors (Lipinski definition) is 0. The molecule has 0 aliphatic carbocycles. The van der Waals surface area contributed by atoms with Gasteiger partial charge in [-0.15, -0.1) is 0 Å². The Bertz CT molecular complexity index is 466. The van der Waals surface area contributed by atoms with Crippen molar-refractivity contribution in [3.63, 3.8) is 0 Å². The highest BCUT2D eigenvalue weighted by atomic mass is 16.7. The normalized spacial score (nSPS) is 12.7. The van der Waals surface area contributed by atoms with E-state index < -0.39 is 6.29 Å². The number of esters is 1. The molecular weight excluding hydrogens is 304 g/mol. The van der Waals surface area contributed by atoms with Gasteiger partial charge in [-0.3, -0.25) is 0 Å². The van der Waals surface area contributed by atoms with E-state index in [-0.39, 0.29) is 12.1 Å². The molecule has 24 heavy (non-hydrogen) atoms. The molecule has 0 heterocycles. The molecule has 4 heteroatoms. The lowest BCUT2D eigenvalue weighted by Crippen LogP contribution is -2.18. The van der Waals surface area contributed by atoms with Crippen molar-refractivity contribution in [3.8, 4) is 0 Å². The van der Waals surface area contributed by atoms with E-state index in [1.54, 1.807) is 32.4 Å². The summed E-state index contributed by atoms with van der Waals surface area (Å²) in [6.45, 7) is 2.20. The zero-order valence-corrected chi connectivity index (χ0v) is 15.1. The summed E-state index contributed by atoms with van der Waals surface area (Å²) in [4.78, 5) is 12.3. The van der Waals surface area contributed by atoms with Crippen LogP contribution in [0.1, 0.15) is 55.8 Å². The maximum atomic E-state index is 12.3. The first kappa shape index (κ1) is 20.4. The van der Waals surface area contributed by atoms with Crippen molar-refractivity contribution in [2.75, 3.05) is 14.2 Å². The van der Waals surface area contributed by atoms with Crippen LogP contribution < -0.4 is 0 Å². The molecule has 1 aromatic carbocycles. The number of hydrogen-bond acceptors (Lipinski definition) is 4. The molecule has 1 atom stereocenters. The maximum Gasteiger partial charge on any atom is 0.338 e. The van der Waals surface area contributed by atoms with Crippen molar-refractivity contribution >= 4 is 5.97 Å². The van der Waals surface area contributed by atoms with Crippen LogP contribution in [0.2, 0.25) is 0 Å². The lowest BCUT2D eigenvalue weighted by Gasteiger charge is -2.16. The molecule has 0 aromatic heterocycles. The average molecular weight is 334 g/mol. The van der Waals surface area contributed by atoms with Gasteiger partial charge in [0.2, 0.25) is 0 Å². The van der Waals surface area contributed by atoms with Gasteiger partial charge < -0.3 is 14.2 Å². The second kappa shape index (κ2) is 12.7. The molecule has 0 fully saturated rings. The molecule has 1 aromatic rings. The third kappa shape index (κ3) is 8.27. The largest absolute Gasteiger partial charge is 0.455 e. The second-order valence-electron chi connectivity index (χ2n) is 5.74. The SMILES string of the molecule is CCCCCCC[C@@H](/C=C/C(OC)OC)OC(=O)c1ccccc1. The van der Waals surface area contributed by atoms with Crippen molar-refractivity contribution in [3.05, 3.63) is 48.0 Å². The van der Waals surface area contributed by atoms with Crippen LogP contribution in [-0.2, 0) is 14.2 Å². The zero-order valence-electron chi connectivity index (χ0n) is 15.1. The van der Waals surface area contributed by atoms with Gasteiger partial charge in [-0.2, -0.15) is 0 Å². The summed E-state index contributed by atoms with van der Waals surface area (Å²) >= 11 is 0. The molecule has 0 bridgehead atoms. The Morgan fingerprint density at radius 1 is 1.00 bits per heavy atom. The number of rotatable bonds is 12. The van der Waals surface area contributed by atoms with Gasteiger partial charge in [-0.25, -0.2) is 4.79 Å². The molecule has 0 saturated heterocycles. The minimum absolute atomic E-state index is 0.271. The first-order valence-corrected chi connectivity index (χ1v) is 8.71. The lowest BCUT2D eigenvalue weighted by atomic mass is 10.1. The van der Waals surface area contributed by atoms with Crippen molar-refractivity contribution < 1.29 is 19.0 Å². The first-order valence-electron chi connectivity index (χ1n) is 8.71.